The summed E-state index contributed by atoms with van der Waals surface area (Å²) in [6.07, 6.45) is 0.236. The molecule has 0 aliphatic carbocycles. The number of hydrogen-bond acceptors (Lipinski definition) is 3. The van der Waals surface area contributed by atoms with E-state index in [1.807, 2.05) is 30.3 Å². The molecule has 0 fully saturated rings. The van der Waals surface area contributed by atoms with Crippen LogP contribution in [0, 0.1) is 0 Å². The molecule has 1 aliphatic heterocycles. The van der Waals surface area contributed by atoms with Gasteiger partial charge < -0.3 is 10.4 Å². The fourth-order valence-electron chi connectivity index (χ4n) is 3.22. The van der Waals surface area contributed by atoms with E-state index in [1.54, 1.807) is 6.07 Å². The zero-order valence-electron chi connectivity index (χ0n) is 13.6. The number of β-amino-alcohol motifs (C(OH)–C–C–N with tert-alkyl or cyclic N) is 1. The normalized spacial score (nSPS) is 15.6. The summed E-state index contributed by atoms with van der Waals surface area (Å²) in [4.78, 5) is 13.5. The van der Waals surface area contributed by atoms with Gasteiger partial charge in [0.05, 0.1) is 6.10 Å². The second-order valence-corrected chi connectivity index (χ2v) is 6.55. The Kier molecular flexibility index (Phi) is 5.19. The van der Waals surface area contributed by atoms with E-state index >= 15 is 0 Å². The number of halogens is 1. The Morgan fingerprint density at radius 2 is 2.08 bits per heavy atom. The largest absolute Gasteiger partial charge is 0.387 e. The summed E-state index contributed by atoms with van der Waals surface area (Å²) in [7, 11) is 0. The topological polar surface area (TPSA) is 52.6 Å². The van der Waals surface area contributed by atoms with Crippen LogP contribution in [-0.2, 0) is 17.8 Å². The molecule has 3 rings (SSSR count). The first kappa shape index (κ1) is 17.0. The van der Waals surface area contributed by atoms with Gasteiger partial charge >= 0.3 is 0 Å². The van der Waals surface area contributed by atoms with Crippen molar-refractivity contribution < 1.29 is 9.90 Å². The molecule has 0 aromatic heterocycles. The van der Waals surface area contributed by atoms with E-state index in [-0.39, 0.29) is 5.91 Å². The molecule has 1 unspecified atom stereocenters. The van der Waals surface area contributed by atoms with E-state index in [2.05, 4.69) is 16.3 Å². The maximum absolute atomic E-state index is 11.3. The van der Waals surface area contributed by atoms with Crippen molar-refractivity contribution in [3.05, 3.63) is 64.2 Å². The highest BCUT2D eigenvalue weighted by Gasteiger charge is 2.22. The molecule has 0 radical (unpaired) electrons. The summed E-state index contributed by atoms with van der Waals surface area (Å²) in [5, 5.41) is 14.0. The third-order valence-electron chi connectivity index (χ3n) is 4.35. The highest BCUT2D eigenvalue weighted by Crippen LogP contribution is 2.29. The number of aliphatic hydroxyl groups is 1. The smallest absolute Gasteiger partial charge is 0.221 e. The van der Waals surface area contributed by atoms with Gasteiger partial charge in [-0.2, -0.15) is 0 Å². The Balaban J connectivity index is 1.72. The number of rotatable bonds is 4. The molecule has 0 saturated heterocycles. The van der Waals surface area contributed by atoms with Crippen LogP contribution >= 0.6 is 11.6 Å². The third kappa shape index (κ3) is 3.78. The van der Waals surface area contributed by atoms with Crippen LogP contribution in [0.3, 0.4) is 0 Å². The number of nitrogens with zero attached hydrogens (tertiary/aromatic N) is 1. The molecule has 1 aliphatic rings. The maximum atomic E-state index is 11.3. The summed E-state index contributed by atoms with van der Waals surface area (Å²) in [5.41, 5.74) is 4.04. The van der Waals surface area contributed by atoms with Crippen molar-refractivity contribution in [1.82, 2.24) is 4.90 Å². The summed E-state index contributed by atoms with van der Waals surface area (Å²) >= 11 is 6.17. The molecule has 4 nitrogen and oxygen atoms in total. The van der Waals surface area contributed by atoms with Crippen LogP contribution in [0.5, 0.6) is 0 Å². The molecule has 24 heavy (non-hydrogen) atoms. The van der Waals surface area contributed by atoms with E-state index in [0.29, 0.717) is 11.6 Å². The van der Waals surface area contributed by atoms with Crippen LogP contribution in [-0.4, -0.2) is 29.0 Å². The number of fused-ring (bicyclic) bond motifs is 1. The Morgan fingerprint density at radius 3 is 2.83 bits per heavy atom. The first-order chi connectivity index (χ1) is 11.5. The lowest BCUT2D eigenvalue weighted by Gasteiger charge is -2.31. The summed E-state index contributed by atoms with van der Waals surface area (Å²) < 4.78 is 0. The first-order valence-electron chi connectivity index (χ1n) is 8.08. The van der Waals surface area contributed by atoms with Crippen LogP contribution in [0.2, 0.25) is 5.02 Å². The van der Waals surface area contributed by atoms with Crippen molar-refractivity contribution >= 4 is 23.2 Å². The minimum Gasteiger partial charge on any atom is -0.387 e. The second-order valence-electron chi connectivity index (χ2n) is 6.15. The number of carbonyl (C=O) groups excluding carboxylic acids is 1. The Morgan fingerprint density at radius 1 is 1.29 bits per heavy atom. The molecular formula is C19H21ClN2O2. The van der Waals surface area contributed by atoms with Gasteiger partial charge in [-0.3, -0.25) is 9.69 Å². The SMILES string of the molecule is CC(=O)Nc1cccc2c1CCN(CC(O)c1ccccc1Cl)C2. The number of benzene rings is 2. The van der Waals surface area contributed by atoms with E-state index < -0.39 is 6.10 Å². The minimum absolute atomic E-state index is 0.0556. The Hall–Kier alpha value is -1.88. The van der Waals surface area contributed by atoms with Crippen molar-refractivity contribution in [1.29, 1.82) is 0 Å². The lowest BCUT2D eigenvalue weighted by Crippen LogP contribution is -2.34. The Labute approximate surface area is 147 Å². The number of anilines is 1. The summed E-state index contributed by atoms with van der Waals surface area (Å²) in [6, 6.07) is 13.4. The van der Waals surface area contributed by atoms with Gasteiger partial charge in [0.15, 0.2) is 0 Å². The molecule has 2 aromatic rings. The molecule has 2 aromatic carbocycles. The predicted molar refractivity (Wildman–Crippen MR) is 96.1 cm³/mol. The zero-order chi connectivity index (χ0) is 17.1. The van der Waals surface area contributed by atoms with Crippen molar-refractivity contribution in [2.75, 3.05) is 18.4 Å². The molecule has 0 bridgehead atoms. The molecule has 126 valence electrons. The third-order valence-corrected chi connectivity index (χ3v) is 4.70. The van der Waals surface area contributed by atoms with Gasteiger partial charge in [-0.05, 0) is 29.7 Å². The molecule has 1 atom stereocenters. The van der Waals surface area contributed by atoms with Crippen molar-refractivity contribution in [3.8, 4) is 0 Å². The van der Waals surface area contributed by atoms with Gasteiger partial charge in [0, 0.05) is 42.8 Å². The lowest BCUT2D eigenvalue weighted by molar-refractivity contribution is -0.114. The van der Waals surface area contributed by atoms with Crippen LogP contribution in [0.25, 0.3) is 0 Å². The number of nitrogens with one attached hydrogen (secondary N) is 1. The quantitative estimate of drug-likeness (QED) is 0.894. The van der Waals surface area contributed by atoms with Crippen LogP contribution in [0.15, 0.2) is 42.5 Å². The average Bonchev–Trinajstić information content (AvgIpc) is 2.54. The zero-order valence-corrected chi connectivity index (χ0v) is 14.4. The van der Waals surface area contributed by atoms with E-state index in [1.165, 1.54) is 18.1 Å². The molecule has 2 N–H and O–H groups in total. The molecular weight excluding hydrogens is 324 g/mol. The van der Waals surface area contributed by atoms with Crippen molar-refractivity contribution in [2.45, 2.75) is 26.0 Å². The van der Waals surface area contributed by atoms with Crippen LogP contribution in [0.1, 0.15) is 29.7 Å². The number of hydrogen-bond donors (Lipinski definition) is 2. The average molecular weight is 345 g/mol. The monoisotopic (exact) mass is 344 g/mol. The first-order valence-corrected chi connectivity index (χ1v) is 8.45. The van der Waals surface area contributed by atoms with E-state index in [4.69, 9.17) is 11.6 Å². The molecule has 5 heteroatoms. The van der Waals surface area contributed by atoms with Crippen LogP contribution < -0.4 is 5.32 Å². The van der Waals surface area contributed by atoms with Gasteiger partial charge in [0.2, 0.25) is 5.91 Å². The van der Waals surface area contributed by atoms with E-state index in [9.17, 15) is 9.90 Å². The number of aliphatic hydroxyl groups excluding tert-OH is 1. The maximum Gasteiger partial charge on any atom is 0.221 e. The molecule has 1 heterocycles. The fraction of sp³-hybridized carbons (Fsp3) is 0.316. The second kappa shape index (κ2) is 7.34. The lowest BCUT2D eigenvalue weighted by atomic mass is 9.97. The van der Waals surface area contributed by atoms with Gasteiger partial charge in [0.1, 0.15) is 0 Å². The van der Waals surface area contributed by atoms with Gasteiger partial charge in [-0.1, -0.05) is 41.9 Å². The molecule has 1 amide bonds. The van der Waals surface area contributed by atoms with Crippen LogP contribution in [0.4, 0.5) is 5.69 Å². The van der Waals surface area contributed by atoms with E-state index in [0.717, 1.165) is 30.8 Å². The van der Waals surface area contributed by atoms with Crippen molar-refractivity contribution in [2.24, 2.45) is 0 Å². The highest BCUT2D eigenvalue weighted by atomic mass is 35.5. The van der Waals surface area contributed by atoms with Gasteiger partial charge in [0.25, 0.3) is 0 Å². The Bertz CT molecular complexity index is 748. The summed E-state index contributed by atoms with van der Waals surface area (Å²) in [5.74, 6) is -0.0556. The standard InChI is InChI=1S/C19H21ClN2O2/c1-13(23)21-18-8-4-5-14-11-22(10-9-15(14)18)12-19(24)16-6-2-3-7-17(16)20/h2-8,19,24H,9-12H2,1H3,(H,21,23). The van der Waals surface area contributed by atoms with Gasteiger partial charge in [-0.25, -0.2) is 0 Å². The number of amides is 1. The highest BCUT2D eigenvalue weighted by molar-refractivity contribution is 6.31. The van der Waals surface area contributed by atoms with Crippen molar-refractivity contribution in [3.63, 3.8) is 0 Å². The fourth-order valence-corrected chi connectivity index (χ4v) is 3.48. The van der Waals surface area contributed by atoms with Gasteiger partial charge in [-0.15, -0.1) is 0 Å². The molecule has 0 saturated carbocycles. The number of carbonyl (C=O) groups is 1. The minimum atomic E-state index is -0.612. The summed E-state index contributed by atoms with van der Waals surface area (Å²) in [6.45, 7) is 3.65. The predicted octanol–water partition coefficient (Wildman–Crippen LogP) is 3.39. The molecule has 0 spiro atoms.